The zero-order valence-electron chi connectivity index (χ0n) is 13.8. The number of carbonyl (C=O) groups is 2. The van der Waals surface area contributed by atoms with Gasteiger partial charge in [0.25, 0.3) is 11.1 Å². The highest BCUT2D eigenvalue weighted by Gasteiger charge is 2.35. The van der Waals surface area contributed by atoms with Crippen molar-refractivity contribution in [1.29, 1.82) is 5.26 Å². The number of benzene rings is 2. The van der Waals surface area contributed by atoms with Gasteiger partial charge in [0.1, 0.15) is 17.6 Å². The molecular weight excluding hydrogens is 435 g/mol. The lowest BCUT2D eigenvalue weighted by Crippen LogP contribution is -2.27. The van der Waals surface area contributed by atoms with Crippen molar-refractivity contribution in [3.05, 3.63) is 68.8 Å². The average molecular weight is 447 g/mol. The number of nitrogens with zero attached hydrogens (tertiary/aromatic N) is 2. The highest BCUT2D eigenvalue weighted by molar-refractivity contribution is 9.10. The van der Waals surface area contributed by atoms with Gasteiger partial charge in [-0.2, -0.15) is 5.26 Å². The van der Waals surface area contributed by atoms with Gasteiger partial charge in [0.05, 0.1) is 11.4 Å². The lowest BCUT2D eigenvalue weighted by atomic mass is 10.1. The lowest BCUT2D eigenvalue weighted by molar-refractivity contribution is -0.123. The third kappa shape index (κ3) is 4.56. The second-order valence-corrected chi connectivity index (χ2v) is 7.43. The minimum absolute atomic E-state index is 0.0680. The molecule has 0 spiro atoms. The molecule has 2 amide bonds. The topological polar surface area (TPSA) is 70.4 Å². The molecule has 1 saturated heterocycles. The van der Waals surface area contributed by atoms with E-state index in [1.54, 1.807) is 24.3 Å². The van der Waals surface area contributed by atoms with Gasteiger partial charge in [-0.3, -0.25) is 14.5 Å². The SMILES string of the molecule is N#CCOc1ccc(Br)cc1/C=C1\SC(=O)N(Cc2ccc(F)cc2)C1=O. The smallest absolute Gasteiger partial charge is 0.293 e. The van der Waals surface area contributed by atoms with E-state index in [1.165, 1.54) is 24.3 Å². The van der Waals surface area contributed by atoms with Crippen molar-refractivity contribution in [1.82, 2.24) is 4.90 Å². The molecule has 1 aliphatic rings. The number of amides is 2. The molecule has 27 heavy (non-hydrogen) atoms. The van der Waals surface area contributed by atoms with Gasteiger partial charge in [0.2, 0.25) is 0 Å². The van der Waals surface area contributed by atoms with E-state index < -0.39 is 11.1 Å². The maximum atomic E-state index is 13.0. The number of carbonyl (C=O) groups excluding carboxylic acids is 2. The molecule has 0 bridgehead atoms. The molecule has 0 unspecified atom stereocenters. The summed E-state index contributed by atoms with van der Waals surface area (Å²) >= 11 is 4.18. The number of hydrogen-bond donors (Lipinski definition) is 0. The summed E-state index contributed by atoms with van der Waals surface area (Å²) in [6, 6.07) is 12.7. The molecule has 2 aromatic carbocycles. The van der Waals surface area contributed by atoms with Crippen molar-refractivity contribution < 1.29 is 18.7 Å². The van der Waals surface area contributed by atoms with Crippen LogP contribution in [-0.4, -0.2) is 22.7 Å². The van der Waals surface area contributed by atoms with Crippen molar-refractivity contribution >= 4 is 44.9 Å². The summed E-state index contributed by atoms with van der Waals surface area (Å²) in [7, 11) is 0. The van der Waals surface area contributed by atoms with Gasteiger partial charge in [0, 0.05) is 10.0 Å². The predicted octanol–water partition coefficient (Wildman–Crippen LogP) is 4.73. The normalized spacial score (nSPS) is 15.3. The molecule has 1 aliphatic heterocycles. The highest BCUT2D eigenvalue weighted by Crippen LogP contribution is 2.35. The second-order valence-electron chi connectivity index (χ2n) is 5.52. The summed E-state index contributed by atoms with van der Waals surface area (Å²) in [5.41, 5.74) is 1.23. The Kier molecular flexibility index (Phi) is 5.94. The van der Waals surface area contributed by atoms with Gasteiger partial charge in [0.15, 0.2) is 6.61 Å². The van der Waals surface area contributed by atoms with Gasteiger partial charge in [-0.25, -0.2) is 4.39 Å². The summed E-state index contributed by atoms with van der Waals surface area (Å²) in [5, 5.41) is 8.30. The van der Waals surface area contributed by atoms with Crippen LogP contribution >= 0.6 is 27.7 Å². The van der Waals surface area contributed by atoms with E-state index in [2.05, 4.69) is 15.9 Å². The molecule has 3 rings (SSSR count). The Bertz CT molecular complexity index is 970. The summed E-state index contributed by atoms with van der Waals surface area (Å²) in [5.74, 6) is -0.377. The van der Waals surface area contributed by atoms with Gasteiger partial charge in [-0.05, 0) is 53.7 Å². The lowest BCUT2D eigenvalue weighted by Gasteiger charge is -2.12. The van der Waals surface area contributed by atoms with Gasteiger partial charge in [-0.1, -0.05) is 28.1 Å². The number of nitriles is 1. The van der Waals surface area contributed by atoms with Crippen LogP contribution in [0.25, 0.3) is 6.08 Å². The van der Waals surface area contributed by atoms with Crippen LogP contribution in [0.4, 0.5) is 9.18 Å². The van der Waals surface area contributed by atoms with E-state index in [1.807, 2.05) is 6.07 Å². The molecule has 0 N–H and O–H groups in total. The van der Waals surface area contributed by atoms with Gasteiger partial charge in [-0.15, -0.1) is 0 Å². The van der Waals surface area contributed by atoms with E-state index in [9.17, 15) is 14.0 Å². The van der Waals surface area contributed by atoms with E-state index in [-0.39, 0.29) is 23.9 Å². The molecule has 1 heterocycles. The van der Waals surface area contributed by atoms with Crippen LogP contribution in [-0.2, 0) is 11.3 Å². The largest absolute Gasteiger partial charge is 0.478 e. The van der Waals surface area contributed by atoms with E-state index in [0.29, 0.717) is 16.9 Å². The zero-order valence-corrected chi connectivity index (χ0v) is 16.2. The molecule has 0 radical (unpaired) electrons. The van der Waals surface area contributed by atoms with Crippen LogP contribution in [0.1, 0.15) is 11.1 Å². The van der Waals surface area contributed by atoms with E-state index in [0.717, 1.165) is 21.1 Å². The molecule has 136 valence electrons. The maximum absolute atomic E-state index is 13.0. The van der Waals surface area contributed by atoms with Gasteiger partial charge < -0.3 is 4.74 Å². The minimum atomic E-state index is -0.430. The Morgan fingerprint density at radius 1 is 1.22 bits per heavy atom. The average Bonchev–Trinajstić information content (AvgIpc) is 2.90. The molecule has 0 saturated carbocycles. The third-order valence-electron chi connectivity index (χ3n) is 3.68. The van der Waals surface area contributed by atoms with Crippen molar-refractivity contribution in [2.75, 3.05) is 6.61 Å². The number of rotatable bonds is 5. The van der Waals surface area contributed by atoms with Crippen LogP contribution in [0.15, 0.2) is 51.8 Å². The highest BCUT2D eigenvalue weighted by atomic mass is 79.9. The van der Waals surface area contributed by atoms with Crippen LogP contribution < -0.4 is 4.74 Å². The summed E-state index contributed by atoms with van der Waals surface area (Å²) in [6.45, 7) is -0.0624. The minimum Gasteiger partial charge on any atom is -0.478 e. The number of thioether (sulfide) groups is 1. The number of imide groups is 1. The fraction of sp³-hybridized carbons (Fsp3) is 0.105. The monoisotopic (exact) mass is 446 g/mol. The molecule has 8 heteroatoms. The molecule has 0 atom stereocenters. The number of hydrogen-bond acceptors (Lipinski definition) is 5. The molecular formula is C19H12BrFN2O3S. The fourth-order valence-corrected chi connectivity index (χ4v) is 3.63. The first kappa shape index (κ1) is 19.1. The molecule has 5 nitrogen and oxygen atoms in total. The van der Waals surface area contributed by atoms with E-state index >= 15 is 0 Å². The first-order valence-corrected chi connectivity index (χ1v) is 9.38. The van der Waals surface area contributed by atoms with E-state index in [4.69, 9.17) is 10.00 Å². The fourth-order valence-electron chi connectivity index (χ4n) is 2.42. The van der Waals surface area contributed by atoms with Crippen molar-refractivity contribution in [3.8, 4) is 11.8 Å². The van der Waals surface area contributed by atoms with Crippen molar-refractivity contribution in [2.45, 2.75) is 6.54 Å². The van der Waals surface area contributed by atoms with Crippen LogP contribution in [0, 0.1) is 17.1 Å². The first-order valence-electron chi connectivity index (χ1n) is 7.77. The molecule has 0 aliphatic carbocycles. The first-order chi connectivity index (χ1) is 13.0. The Morgan fingerprint density at radius 3 is 2.67 bits per heavy atom. The summed E-state index contributed by atoms with van der Waals surface area (Å²) < 4.78 is 19.2. The summed E-state index contributed by atoms with van der Waals surface area (Å²) in [6.07, 6.45) is 1.56. The Labute approximate surface area is 167 Å². The quantitative estimate of drug-likeness (QED) is 0.620. The predicted molar refractivity (Wildman–Crippen MR) is 103 cm³/mol. The molecule has 1 fully saturated rings. The molecule has 2 aromatic rings. The number of halogens is 2. The third-order valence-corrected chi connectivity index (χ3v) is 5.08. The Morgan fingerprint density at radius 2 is 1.96 bits per heavy atom. The standard InChI is InChI=1S/C19H12BrFN2O3S/c20-14-3-6-16(26-8-7-22)13(9-14)10-17-18(24)23(19(25)27-17)11-12-1-4-15(21)5-2-12/h1-6,9-10H,8,11H2/b17-10-. The number of ether oxygens (including phenoxy) is 1. The second kappa shape index (κ2) is 8.37. The van der Waals surface area contributed by atoms with Crippen LogP contribution in [0.3, 0.4) is 0 Å². The zero-order chi connectivity index (χ0) is 19.4. The molecule has 0 aromatic heterocycles. The Hall–Kier alpha value is -2.63. The Balaban J connectivity index is 1.85. The van der Waals surface area contributed by atoms with Crippen LogP contribution in [0.2, 0.25) is 0 Å². The van der Waals surface area contributed by atoms with Crippen LogP contribution in [0.5, 0.6) is 5.75 Å². The van der Waals surface area contributed by atoms with Crippen molar-refractivity contribution in [2.24, 2.45) is 0 Å². The van der Waals surface area contributed by atoms with Crippen molar-refractivity contribution in [3.63, 3.8) is 0 Å². The maximum Gasteiger partial charge on any atom is 0.293 e. The summed E-state index contributed by atoms with van der Waals surface area (Å²) in [4.78, 5) is 26.2. The van der Waals surface area contributed by atoms with Gasteiger partial charge >= 0.3 is 0 Å².